The Hall–Kier alpha value is -1.94. The van der Waals surface area contributed by atoms with E-state index < -0.39 is 0 Å². The van der Waals surface area contributed by atoms with E-state index in [9.17, 15) is 4.79 Å². The van der Waals surface area contributed by atoms with Gasteiger partial charge < -0.3 is 9.80 Å². The standard InChI is InChI=1S/C18H23N3O/c1-20(2)16-8-5-10-21(11-9-16)18(22)17-12-14-6-3-4-7-15(14)13-19-17/h3-4,6-7,12-13,16H,5,8-11H2,1-2H3/t16-/m1/s1. The molecule has 4 heteroatoms. The van der Waals surface area contributed by atoms with Gasteiger partial charge in [-0.1, -0.05) is 24.3 Å². The molecule has 2 heterocycles. The van der Waals surface area contributed by atoms with Gasteiger partial charge in [-0.05, 0) is 44.8 Å². The van der Waals surface area contributed by atoms with Gasteiger partial charge in [-0.3, -0.25) is 9.78 Å². The van der Waals surface area contributed by atoms with Crippen molar-refractivity contribution in [3.8, 4) is 0 Å². The maximum Gasteiger partial charge on any atom is 0.272 e. The molecular formula is C18H23N3O. The van der Waals surface area contributed by atoms with Crippen molar-refractivity contribution in [2.24, 2.45) is 0 Å². The smallest absolute Gasteiger partial charge is 0.272 e. The molecule has 3 rings (SSSR count). The van der Waals surface area contributed by atoms with Gasteiger partial charge in [-0.25, -0.2) is 0 Å². The summed E-state index contributed by atoms with van der Waals surface area (Å²) in [5.74, 6) is 0.0603. The monoisotopic (exact) mass is 297 g/mol. The molecule has 0 spiro atoms. The number of fused-ring (bicyclic) bond motifs is 1. The minimum atomic E-state index is 0.0603. The van der Waals surface area contributed by atoms with E-state index in [1.807, 2.05) is 35.2 Å². The Morgan fingerprint density at radius 1 is 1.18 bits per heavy atom. The van der Waals surface area contributed by atoms with Crippen LogP contribution >= 0.6 is 0 Å². The van der Waals surface area contributed by atoms with Crippen molar-refractivity contribution in [2.45, 2.75) is 25.3 Å². The molecule has 1 amide bonds. The highest BCUT2D eigenvalue weighted by Gasteiger charge is 2.23. The number of amides is 1. The zero-order chi connectivity index (χ0) is 15.5. The van der Waals surface area contributed by atoms with Gasteiger partial charge in [0.05, 0.1) is 0 Å². The third-order valence-corrected chi connectivity index (χ3v) is 4.57. The summed E-state index contributed by atoms with van der Waals surface area (Å²) in [4.78, 5) is 21.3. The first-order valence-corrected chi connectivity index (χ1v) is 7.95. The molecule has 22 heavy (non-hydrogen) atoms. The van der Waals surface area contributed by atoms with Gasteiger partial charge in [0.25, 0.3) is 5.91 Å². The minimum absolute atomic E-state index is 0.0603. The molecule has 0 radical (unpaired) electrons. The Labute approximate surface area is 131 Å². The molecule has 1 atom stereocenters. The average molecular weight is 297 g/mol. The number of hydrogen-bond acceptors (Lipinski definition) is 3. The van der Waals surface area contributed by atoms with E-state index in [-0.39, 0.29) is 5.91 Å². The second-order valence-corrected chi connectivity index (χ2v) is 6.26. The van der Waals surface area contributed by atoms with Crippen LogP contribution in [-0.2, 0) is 0 Å². The van der Waals surface area contributed by atoms with Crippen LogP contribution in [0.3, 0.4) is 0 Å². The first kappa shape index (κ1) is 15.0. The Kier molecular flexibility index (Phi) is 4.39. The predicted molar refractivity (Wildman–Crippen MR) is 89.0 cm³/mol. The predicted octanol–water partition coefficient (Wildman–Crippen LogP) is 2.79. The maximum absolute atomic E-state index is 12.7. The first-order chi connectivity index (χ1) is 10.6. The van der Waals surface area contributed by atoms with Gasteiger partial charge in [0, 0.05) is 30.7 Å². The topological polar surface area (TPSA) is 36.4 Å². The van der Waals surface area contributed by atoms with E-state index in [0.717, 1.165) is 43.1 Å². The van der Waals surface area contributed by atoms with Gasteiger partial charge in [-0.2, -0.15) is 0 Å². The Balaban J connectivity index is 1.77. The van der Waals surface area contributed by atoms with Crippen LogP contribution in [0.2, 0.25) is 0 Å². The molecule has 0 N–H and O–H groups in total. The molecule has 1 aromatic heterocycles. The molecular weight excluding hydrogens is 274 g/mol. The van der Waals surface area contributed by atoms with Crippen LogP contribution in [0.5, 0.6) is 0 Å². The summed E-state index contributed by atoms with van der Waals surface area (Å²) in [6.07, 6.45) is 5.04. The second kappa shape index (κ2) is 6.44. The van der Waals surface area contributed by atoms with E-state index in [4.69, 9.17) is 0 Å². The quantitative estimate of drug-likeness (QED) is 0.855. The summed E-state index contributed by atoms with van der Waals surface area (Å²) in [6, 6.07) is 10.5. The van der Waals surface area contributed by atoms with Crippen LogP contribution in [0.15, 0.2) is 36.5 Å². The van der Waals surface area contributed by atoms with Crippen LogP contribution in [0.1, 0.15) is 29.8 Å². The summed E-state index contributed by atoms with van der Waals surface area (Å²) in [7, 11) is 4.24. The summed E-state index contributed by atoms with van der Waals surface area (Å²) in [5, 5.41) is 2.14. The normalized spacial score (nSPS) is 19.4. The van der Waals surface area contributed by atoms with E-state index in [1.165, 1.54) is 0 Å². The highest BCUT2D eigenvalue weighted by atomic mass is 16.2. The number of carbonyl (C=O) groups excluding carboxylic acids is 1. The van der Waals surface area contributed by atoms with Crippen molar-refractivity contribution >= 4 is 16.7 Å². The molecule has 0 bridgehead atoms. The minimum Gasteiger partial charge on any atom is -0.337 e. The molecule has 0 aliphatic carbocycles. The van der Waals surface area contributed by atoms with Crippen molar-refractivity contribution in [1.29, 1.82) is 0 Å². The van der Waals surface area contributed by atoms with Crippen LogP contribution in [0.4, 0.5) is 0 Å². The molecule has 0 saturated carbocycles. The molecule has 1 fully saturated rings. The summed E-state index contributed by atoms with van der Waals surface area (Å²) in [6.45, 7) is 1.65. The third-order valence-electron chi connectivity index (χ3n) is 4.57. The molecule has 1 aliphatic rings. The molecule has 116 valence electrons. The van der Waals surface area contributed by atoms with E-state index >= 15 is 0 Å². The fourth-order valence-electron chi connectivity index (χ4n) is 3.16. The number of aromatic nitrogens is 1. The van der Waals surface area contributed by atoms with Crippen molar-refractivity contribution in [3.05, 3.63) is 42.2 Å². The summed E-state index contributed by atoms with van der Waals surface area (Å²) >= 11 is 0. The van der Waals surface area contributed by atoms with Crippen molar-refractivity contribution in [3.63, 3.8) is 0 Å². The number of likely N-dealkylation sites (tertiary alicyclic amines) is 1. The van der Waals surface area contributed by atoms with E-state index in [1.54, 1.807) is 6.20 Å². The molecule has 0 unspecified atom stereocenters. The molecule has 2 aromatic rings. The number of carbonyl (C=O) groups is 1. The molecule has 1 aliphatic heterocycles. The Morgan fingerprint density at radius 2 is 1.95 bits per heavy atom. The third kappa shape index (κ3) is 3.12. The number of pyridine rings is 1. The summed E-state index contributed by atoms with van der Waals surface area (Å²) in [5.41, 5.74) is 0.557. The fourth-order valence-corrected chi connectivity index (χ4v) is 3.16. The van der Waals surface area contributed by atoms with E-state index in [0.29, 0.717) is 11.7 Å². The lowest BCUT2D eigenvalue weighted by molar-refractivity contribution is 0.0753. The number of hydrogen-bond donors (Lipinski definition) is 0. The van der Waals surface area contributed by atoms with Gasteiger partial charge in [0.15, 0.2) is 0 Å². The maximum atomic E-state index is 12.7. The van der Waals surface area contributed by atoms with Crippen molar-refractivity contribution in [2.75, 3.05) is 27.2 Å². The van der Waals surface area contributed by atoms with Crippen LogP contribution in [0.25, 0.3) is 10.8 Å². The number of benzene rings is 1. The fraction of sp³-hybridized carbons (Fsp3) is 0.444. The SMILES string of the molecule is CN(C)[C@@H]1CCCN(C(=O)c2cc3ccccc3cn2)CC1. The number of rotatable bonds is 2. The summed E-state index contributed by atoms with van der Waals surface area (Å²) < 4.78 is 0. The molecule has 1 saturated heterocycles. The van der Waals surface area contributed by atoms with Crippen molar-refractivity contribution in [1.82, 2.24) is 14.8 Å². The zero-order valence-corrected chi connectivity index (χ0v) is 13.3. The Morgan fingerprint density at radius 3 is 2.73 bits per heavy atom. The highest BCUT2D eigenvalue weighted by molar-refractivity contribution is 5.96. The molecule has 1 aromatic carbocycles. The lowest BCUT2D eigenvalue weighted by Crippen LogP contribution is -2.34. The Bertz CT molecular complexity index is 668. The lowest BCUT2D eigenvalue weighted by Gasteiger charge is -2.23. The van der Waals surface area contributed by atoms with Crippen molar-refractivity contribution < 1.29 is 4.79 Å². The largest absolute Gasteiger partial charge is 0.337 e. The van der Waals surface area contributed by atoms with Gasteiger partial charge in [0.1, 0.15) is 5.69 Å². The van der Waals surface area contributed by atoms with Crippen LogP contribution in [-0.4, -0.2) is 53.9 Å². The average Bonchev–Trinajstić information content (AvgIpc) is 2.80. The first-order valence-electron chi connectivity index (χ1n) is 7.95. The number of nitrogens with zero attached hydrogens (tertiary/aromatic N) is 3. The van der Waals surface area contributed by atoms with Gasteiger partial charge in [-0.15, -0.1) is 0 Å². The molecule has 4 nitrogen and oxygen atoms in total. The van der Waals surface area contributed by atoms with Gasteiger partial charge >= 0.3 is 0 Å². The van der Waals surface area contributed by atoms with Crippen LogP contribution in [0, 0.1) is 0 Å². The lowest BCUT2D eigenvalue weighted by atomic mass is 10.1. The van der Waals surface area contributed by atoms with E-state index in [2.05, 4.69) is 24.0 Å². The highest BCUT2D eigenvalue weighted by Crippen LogP contribution is 2.18. The zero-order valence-electron chi connectivity index (χ0n) is 13.3. The van der Waals surface area contributed by atoms with Crippen LogP contribution < -0.4 is 0 Å². The van der Waals surface area contributed by atoms with Gasteiger partial charge in [0.2, 0.25) is 0 Å². The second-order valence-electron chi connectivity index (χ2n) is 6.26.